The van der Waals surface area contributed by atoms with Gasteiger partial charge in [-0.3, -0.25) is 5.32 Å². The zero-order valence-corrected chi connectivity index (χ0v) is 11.8. The molecular weight excluding hydrogens is 295 g/mol. The number of carbonyl (C=O) groups is 1. The van der Waals surface area contributed by atoms with Crippen molar-refractivity contribution in [1.82, 2.24) is 5.32 Å². The zero-order chi connectivity index (χ0) is 15.3. The number of aryl methyl sites for hydroxylation is 1. The second-order valence-electron chi connectivity index (χ2n) is 4.18. The molecule has 0 heterocycles. The number of nitrogens with one attached hydrogen (secondary N) is 1. The van der Waals surface area contributed by atoms with Crippen molar-refractivity contribution in [2.75, 3.05) is 13.2 Å². The number of esters is 1. The Kier molecular flexibility index (Phi) is 5.83. The maximum Gasteiger partial charge on any atom is 0.401 e. The van der Waals surface area contributed by atoms with E-state index in [1.807, 2.05) is 0 Å². The van der Waals surface area contributed by atoms with E-state index >= 15 is 0 Å². The fraction of sp³-hybridized carbons (Fsp3) is 0.462. The number of ether oxygens (including phenoxy) is 1. The van der Waals surface area contributed by atoms with Gasteiger partial charge in [0.1, 0.15) is 6.04 Å². The van der Waals surface area contributed by atoms with E-state index in [0.29, 0.717) is 16.1 Å². The van der Waals surface area contributed by atoms with Crippen LogP contribution in [0.1, 0.15) is 24.1 Å². The van der Waals surface area contributed by atoms with Crippen LogP contribution in [0.2, 0.25) is 5.02 Å². The van der Waals surface area contributed by atoms with E-state index in [9.17, 15) is 18.0 Å². The van der Waals surface area contributed by atoms with Gasteiger partial charge in [-0.2, -0.15) is 13.2 Å². The molecule has 0 spiro atoms. The Balaban J connectivity index is 3.00. The first-order valence-electron chi connectivity index (χ1n) is 5.97. The van der Waals surface area contributed by atoms with Gasteiger partial charge in [0.15, 0.2) is 0 Å². The molecule has 0 aromatic heterocycles. The quantitative estimate of drug-likeness (QED) is 0.847. The molecule has 1 N–H and O–H groups in total. The highest BCUT2D eigenvalue weighted by molar-refractivity contribution is 6.30. The predicted molar refractivity (Wildman–Crippen MR) is 69.6 cm³/mol. The lowest BCUT2D eigenvalue weighted by atomic mass is 10.0. The van der Waals surface area contributed by atoms with Crippen LogP contribution in [0.25, 0.3) is 0 Å². The molecular formula is C13H15ClF3NO2. The summed E-state index contributed by atoms with van der Waals surface area (Å²) in [5, 5.41) is 2.63. The molecule has 0 aliphatic carbocycles. The third-order valence-corrected chi connectivity index (χ3v) is 2.81. The van der Waals surface area contributed by atoms with Crippen molar-refractivity contribution in [3.8, 4) is 0 Å². The van der Waals surface area contributed by atoms with Gasteiger partial charge in [0, 0.05) is 5.02 Å². The summed E-state index contributed by atoms with van der Waals surface area (Å²) >= 11 is 5.80. The SMILES string of the molecule is CCOC(=O)C(NCC(F)(F)F)c1ccc(Cl)cc1C. The number of hydrogen-bond donors (Lipinski definition) is 1. The largest absolute Gasteiger partial charge is 0.465 e. The van der Waals surface area contributed by atoms with Gasteiger partial charge in [-0.1, -0.05) is 17.7 Å². The highest BCUT2D eigenvalue weighted by Gasteiger charge is 2.31. The number of alkyl halides is 3. The van der Waals surface area contributed by atoms with Crippen LogP contribution < -0.4 is 5.32 Å². The molecule has 112 valence electrons. The standard InChI is InChI=1S/C13H15ClF3NO2/c1-3-20-12(19)11(18-7-13(15,16)17)10-5-4-9(14)6-8(10)2/h4-6,11,18H,3,7H2,1-2H3. The molecule has 0 bridgehead atoms. The monoisotopic (exact) mass is 309 g/mol. The number of benzene rings is 1. The fourth-order valence-corrected chi connectivity index (χ4v) is 1.95. The Labute approximate surface area is 120 Å². The van der Waals surface area contributed by atoms with Crippen molar-refractivity contribution in [2.45, 2.75) is 26.1 Å². The van der Waals surface area contributed by atoms with E-state index in [1.54, 1.807) is 19.9 Å². The van der Waals surface area contributed by atoms with Crippen LogP contribution >= 0.6 is 11.6 Å². The molecule has 20 heavy (non-hydrogen) atoms. The molecule has 3 nitrogen and oxygen atoms in total. The molecule has 0 saturated carbocycles. The molecule has 0 aliphatic rings. The molecule has 7 heteroatoms. The Hall–Kier alpha value is -1.27. The number of rotatable bonds is 5. The summed E-state index contributed by atoms with van der Waals surface area (Å²) in [4.78, 5) is 11.8. The Morgan fingerprint density at radius 1 is 1.45 bits per heavy atom. The third kappa shape index (κ3) is 5.02. The fourth-order valence-electron chi connectivity index (χ4n) is 1.73. The average molecular weight is 310 g/mol. The van der Waals surface area contributed by atoms with Crippen LogP contribution in [-0.4, -0.2) is 25.3 Å². The molecule has 1 unspecified atom stereocenters. The minimum absolute atomic E-state index is 0.0929. The van der Waals surface area contributed by atoms with Gasteiger partial charge < -0.3 is 4.74 Å². The first-order valence-corrected chi connectivity index (χ1v) is 6.35. The normalized spacial score (nSPS) is 13.1. The topological polar surface area (TPSA) is 38.3 Å². The Morgan fingerprint density at radius 2 is 2.10 bits per heavy atom. The Bertz CT molecular complexity index is 477. The molecule has 1 aromatic carbocycles. The molecule has 1 rings (SSSR count). The van der Waals surface area contributed by atoms with Crippen molar-refractivity contribution in [1.29, 1.82) is 0 Å². The third-order valence-electron chi connectivity index (χ3n) is 2.57. The van der Waals surface area contributed by atoms with Gasteiger partial charge in [0.25, 0.3) is 0 Å². The summed E-state index contributed by atoms with van der Waals surface area (Å²) < 4.78 is 41.7. The minimum atomic E-state index is -4.41. The van der Waals surface area contributed by atoms with E-state index < -0.39 is 24.7 Å². The molecule has 0 amide bonds. The number of carbonyl (C=O) groups excluding carboxylic acids is 1. The van der Waals surface area contributed by atoms with Crippen molar-refractivity contribution in [2.24, 2.45) is 0 Å². The van der Waals surface area contributed by atoms with Crippen molar-refractivity contribution < 1.29 is 22.7 Å². The van der Waals surface area contributed by atoms with Crippen LogP contribution in [0.15, 0.2) is 18.2 Å². The molecule has 0 saturated heterocycles. The van der Waals surface area contributed by atoms with E-state index in [1.165, 1.54) is 12.1 Å². The Morgan fingerprint density at radius 3 is 2.60 bits per heavy atom. The van der Waals surface area contributed by atoms with Crippen LogP contribution in [0.3, 0.4) is 0 Å². The number of hydrogen-bond acceptors (Lipinski definition) is 3. The van der Waals surface area contributed by atoms with Gasteiger partial charge >= 0.3 is 12.1 Å². The van der Waals surface area contributed by atoms with Crippen LogP contribution in [0, 0.1) is 6.92 Å². The molecule has 1 aromatic rings. The van der Waals surface area contributed by atoms with Crippen molar-refractivity contribution in [3.05, 3.63) is 34.3 Å². The zero-order valence-electron chi connectivity index (χ0n) is 11.1. The molecule has 0 radical (unpaired) electrons. The van der Waals surface area contributed by atoms with E-state index in [0.717, 1.165) is 0 Å². The van der Waals surface area contributed by atoms with Crippen molar-refractivity contribution >= 4 is 17.6 Å². The van der Waals surface area contributed by atoms with E-state index in [2.05, 4.69) is 5.32 Å². The lowest BCUT2D eigenvalue weighted by Crippen LogP contribution is -2.37. The predicted octanol–water partition coefficient (Wildman–Crippen LogP) is 3.40. The average Bonchev–Trinajstić information content (AvgIpc) is 2.30. The first-order chi connectivity index (χ1) is 9.24. The van der Waals surface area contributed by atoms with Gasteiger partial charge in [0.2, 0.25) is 0 Å². The maximum absolute atomic E-state index is 12.3. The number of halogens is 4. The molecule has 0 aliphatic heterocycles. The van der Waals surface area contributed by atoms with Crippen LogP contribution in [0.5, 0.6) is 0 Å². The van der Waals surface area contributed by atoms with Crippen molar-refractivity contribution in [3.63, 3.8) is 0 Å². The molecule has 1 atom stereocenters. The van der Waals surface area contributed by atoms with Gasteiger partial charge in [-0.05, 0) is 37.1 Å². The van der Waals surface area contributed by atoms with Crippen LogP contribution in [-0.2, 0) is 9.53 Å². The first kappa shape index (κ1) is 16.8. The second-order valence-corrected chi connectivity index (χ2v) is 4.62. The lowest BCUT2D eigenvalue weighted by molar-refractivity contribution is -0.149. The highest BCUT2D eigenvalue weighted by atomic mass is 35.5. The van der Waals surface area contributed by atoms with Crippen LogP contribution in [0.4, 0.5) is 13.2 Å². The smallest absolute Gasteiger partial charge is 0.401 e. The second kappa shape index (κ2) is 6.95. The van der Waals surface area contributed by atoms with Gasteiger partial charge in [-0.15, -0.1) is 0 Å². The van der Waals surface area contributed by atoms with E-state index in [4.69, 9.17) is 16.3 Å². The minimum Gasteiger partial charge on any atom is -0.465 e. The summed E-state index contributed by atoms with van der Waals surface area (Å²) in [7, 11) is 0. The highest BCUT2D eigenvalue weighted by Crippen LogP contribution is 2.24. The lowest BCUT2D eigenvalue weighted by Gasteiger charge is -2.20. The summed E-state index contributed by atoms with van der Waals surface area (Å²) in [6, 6.07) is 3.45. The van der Waals surface area contributed by atoms with E-state index in [-0.39, 0.29) is 6.61 Å². The summed E-state index contributed by atoms with van der Waals surface area (Å²) in [5.74, 6) is -0.748. The summed E-state index contributed by atoms with van der Waals surface area (Å²) in [5.41, 5.74) is 1.03. The van der Waals surface area contributed by atoms with Gasteiger partial charge in [0.05, 0.1) is 13.2 Å². The molecule has 0 fully saturated rings. The summed E-state index contributed by atoms with van der Waals surface area (Å²) in [6.45, 7) is 2.07. The maximum atomic E-state index is 12.3. The summed E-state index contributed by atoms with van der Waals surface area (Å²) in [6.07, 6.45) is -4.41. The van der Waals surface area contributed by atoms with Gasteiger partial charge in [-0.25, -0.2) is 4.79 Å².